The Balaban J connectivity index is 2.31. The molecule has 4 unspecified atom stereocenters. The van der Waals surface area contributed by atoms with Crippen LogP contribution in [0.2, 0.25) is 0 Å². The summed E-state index contributed by atoms with van der Waals surface area (Å²) in [7, 11) is 0. The Labute approximate surface area is 81.3 Å². The first-order chi connectivity index (χ1) is 6.03. The first-order valence-electron chi connectivity index (χ1n) is 5.41. The summed E-state index contributed by atoms with van der Waals surface area (Å²) in [5.74, 6) is 0.367. The molecule has 1 fully saturated rings. The van der Waals surface area contributed by atoms with Crippen LogP contribution in [-0.4, -0.2) is 22.9 Å². The van der Waals surface area contributed by atoms with E-state index in [0.717, 1.165) is 19.3 Å². The van der Waals surface area contributed by atoms with Gasteiger partial charge in [0.2, 0.25) is 0 Å². The molecule has 78 valence electrons. The van der Waals surface area contributed by atoms with E-state index in [4.69, 9.17) is 4.74 Å². The summed E-state index contributed by atoms with van der Waals surface area (Å²) in [6, 6.07) is 0. The molecule has 0 amide bonds. The highest BCUT2D eigenvalue weighted by Gasteiger charge is 2.54. The molecule has 1 rings (SSSR count). The molecule has 0 aromatic carbocycles. The van der Waals surface area contributed by atoms with Crippen molar-refractivity contribution in [1.29, 1.82) is 0 Å². The van der Waals surface area contributed by atoms with E-state index in [0.29, 0.717) is 12.0 Å². The minimum absolute atomic E-state index is 0.208. The van der Waals surface area contributed by atoms with Crippen LogP contribution < -0.4 is 0 Å². The lowest BCUT2D eigenvalue weighted by Gasteiger charge is -2.19. The lowest BCUT2D eigenvalue weighted by atomic mass is 10.1. The third-order valence-corrected chi connectivity index (χ3v) is 3.30. The maximum absolute atomic E-state index is 9.87. The number of rotatable bonds is 5. The predicted octanol–water partition coefficient (Wildman–Crippen LogP) is 2.35. The van der Waals surface area contributed by atoms with Gasteiger partial charge in [-0.2, -0.15) is 0 Å². The molecule has 0 spiro atoms. The Hall–Kier alpha value is -0.0800. The van der Waals surface area contributed by atoms with E-state index >= 15 is 0 Å². The fourth-order valence-corrected chi connectivity index (χ4v) is 1.89. The van der Waals surface area contributed by atoms with E-state index in [1.54, 1.807) is 0 Å². The normalized spacial score (nSPS) is 37.2. The van der Waals surface area contributed by atoms with Crippen molar-refractivity contribution in [1.82, 2.24) is 0 Å². The van der Waals surface area contributed by atoms with Crippen LogP contribution in [0.25, 0.3) is 0 Å². The van der Waals surface area contributed by atoms with Gasteiger partial charge in [0.25, 0.3) is 0 Å². The molecule has 1 aliphatic rings. The van der Waals surface area contributed by atoms with Crippen LogP contribution in [0.15, 0.2) is 0 Å². The van der Waals surface area contributed by atoms with E-state index in [1.807, 2.05) is 6.92 Å². The molecule has 4 atom stereocenters. The molecule has 1 N–H and O–H groups in total. The highest BCUT2D eigenvalue weighted by Crippen LogP contribution is 2.49. The average molecular weight is 186 g/mol. The molecule has 2 nitrogen and oxygen atoms in total. The van der Waals surface area contributed by atoms with Gasteiger partial charge in [-0.3, -0.25) is 0 Å². The van der Waals surface area contributed by atoms with Gasteiger partial charge in [0.05, 0.1) is 17.8 Å². The van der Waals surface area contributed by atoms with Crippen LogP contribution in [0, 0.1) is 5.92 Å². The molecule has 0 aromatic heterocycles. The van der Waals surface area contributed by atoms with Gasteiger partial charge in [0, 0.05) is 5.92 Å². The first-order valence-corrected chi connectivity index (χ1v) is 5.41. The molecular weight excluding hydrogens is 164 g/mol. The van der Waals surface area contributed by atoms with Gasteiger partial charge < -0.3 is 9.84 Å². The highest BCUT2D eigenvalue weighted by molar-refractivity contribution is 5.05. The largest absolute Gasteiger partial charge is 0.389 e. The minimum Gasteiger partial charge on any atom is -0.389 e. The Morgan fingerprint density at radius 3 is 2.46 bits per heavy atom. The molecular formula is C11H22O2. The number of hydrogen-bond donors (Lipinski definition) is 1. The Morgan fingerprint density at radius 1 is 1.46 bits per heavy atom. The quantitative estimate of drug-likeness (QED) is 0.714. The molecule has 0 saturated heterocycles. The summed E-state index contributed by atoms with van der Waals surface area (Å²) >= 11 is 0. The van der Waals surface area contributed by atoms with Crippen molar-refractivity contribution in [2.75, 3.05) is 0 Å². The van der Waals surface area contributed by atoms with E-state index in [9.17, 15) is 5.11 Å². The van der Waals surface area contributed by atoms with Crippen molar-refractivity contribution in [3.05, 3.63) is 0 Å². The van der Waals surface area contributed by atoms with Crippen molar-refractivity contribution in [2.45, 2.75) is 64.8 Å². The van der Waals surface area contributed by atoms with E-state index in [1.165, 1.54) is 0 Å². The SMILES string of the molecule is CCC(C)OC(C)C1CC1(O)CC. The molecule has 0 heterocycles. The molecule has 13 heavy (non-hydrogen) atoms. The van der Waals surface area contributed by atoms with Gasteiger partial charge in [0.15, 0.2) is 0 Å². The van der Waals surface area contributed by atoms with E-state index in [-0.39, 0.29) is 6.10 Å². The molecule has 1 aliphatic carbocycles. The summed E-state index contributed by atoms with van der Waals surface area (Å²) in [5.41, 5.74) is -0.410. The molecule has 1 saturated carbocycles. The van der Waals surface area contributed by atoms with E-state index < -0.39 is 5.60 Å². The lowest BCUT2D eigenvalue weighted by Crippen LogP contribution is -2.23. The summed E-state index contributed by atoms with van der Waals surface area (Å²) in [4.78, 5) is 0. The van der Waals surface area contributed by atoms with Crippen LogP contribution >= 0.6 is 0 Å². The van der Waals surface area contributed by atoms with Crippen molar-refractivity contribution in [3.63, 3.8) is 0 Å². The second-order valence-electron chi connectivity index (χ2n) is 4.33. The maximum atomic E-state index is 9.87. The van der Waals surface area contributed by atoms with Gasteiger partial charge in [-0.05, 0) is 33.1 Å². The summed E-state index contributed by atoms with van der Waals surface area (Å²) in [6.45, 7) is 8.32. The first kappa shape index (κ1) is 11.0. The zero-order chi connectivity index (χ0) is 10.1. The monoisotopic (exact) mass is 186 g/mol. The van der Waals surface area contributed by atoms with Crippen molar-refractivity contribution in [3.8, 4) is 0 Å². The zero-order valence-corrected chi connectivity index (χ0v) is 9.21. The predicted molar refractivity (Wildman–Crippen MR) is 53.6 cm³/mol. The second kappa shape index (κ2) is 3.97. The number of hydrogen-bond acceptors (Lipinski definition) is 2. The summed E-state index contributed by atoms with van der Waals surface area (Å²) < 4.78 is 5.76. The summed E-state index contributed by atoms with van der Waals surface area (Å²) in [5, 5.41) is 9.87. The van der Waals surface area contributed by atoms with Gasteiger partial charge in [0.1, 0.15) is 0 Å². The minimum atomic E-state index is -0.410. The van der Waals surface area contributed by atoms with Crippen LogP contribution in [-0.2, 0) is 4.74 Å². The fraction of sp³-hybridized carbons (Fsp3) is 1.00. The molecule has 0 aromatic rings. The highest BCUT2D eigenvalue weighted by atomic mass is 16.5. The van der Waals surface area contributed by atoms with Crippen LogP contribution in [0.5, 0.6) is 0 Å². The average Bonchev–Trinajstić information content (AvgIpc) is 2.79. The van der Waals surface area contributed by atoms with Crippen LogP contribution in [0.1, 0.15) is 47.0 Å². The van der Waals surface area contributed by atoms with Crippen molar-refractivity contribution in [2.24, 2.45) is 5.92 Å². The van der Waals surface area contributed by atoms with Gasteiger partial charge in [-0.15, -0.1) is 0 Å². The second-order valence-corrected chi connectivity index (χ2v) is 4.33. The lowest BCUT2D eigenvalue weighted by molar-refractivity contribution is -0.0245. The smallest absolute Gasteiger partial charge is 0.0703 e. The third kappa shape index (κ3) is 2.44. The Kier molecular flexibility index (Phi) is 3.36. The van der Waals surface area contributed by atoms with Gasteiger partial charge in [-0.25, -0.2) is 0 Å². The maximum Gasteiger partial charge on any atom is 0.0703 e. The van der Waals surface area contributed by atoms with Crippen molar-refractivity contribution >= 4 is 0 Å². The zero-order valence-electron chi connectivity index (χ0n) is 9.21. The molecule has 0 radical (unpaired) electrons. The standard InChI is InChI=1S/C11H22O2/c1-5-8(3)13-9(4)10-7-11(10,12)6-2/h8-10,12H,5-7H2,1-4H3. The van der Waals surface area contributed by atoms with Crippen LogP contribution in [0.4, 0.5) is 0 Å². The number of ether oxygens (including phenoxy) is 1. The Morgan fingerprint density at radius 2 is 2.08 bits per heavy atom. The van der Waals surface area contributed by atoms with Gasteiger partial charge >= 0.3 is 0 Å². The van der Waals surface area contributed by atoms with Crippen molar-refractivity contribution < 1.29 is 9.84 Å². The third-order valence-electron chi connectivity index (χ3n) is 3.30. The van der Waals surface area contributed by atoms with E-state index in [2.05, 4.69) is 20.8 Å². The number of aliphatic hydroxyl groups is 1. The molecule has 0 bridgehead atoms. The molecule has 0 aliphatic heterocycles. The van der Waals surface area contributed by atoms with Crippen LogP contribution in [0.3, 0.4) is 0 Å². The summed E-state index contributed by atoms with van der Waals surface area (Å²) in [6.07, 6.45) is 3.34. The Bertz CT molecular complexity index is 169. The van der Waals surface area contributed by atoms with Gasteiger partial charge in [-0.1, -0.05) is 13.8 Å². The molecule has 2 heteroatoms. The topological polar surface area (TPSA) is 29.5 Å². The fourth-order valence-electron chi connectivity index (χ4n) is 1.89.